The van der Waals surface area contributed by atoms with E-state index >= 15 is 0 Å². The fourth-order valence-electron chi connectivity index (χ4n) is 1.74. The minimum absolute atomic E-state index is 0.123. The lowest BCUT2D eigenvalue weighted by Gasteiger charge is -1.96. The van der Waals surface area contributed by atoms with Crippen molar-refractivity contribution in [2.45, 2.75) is 13.5 Å². The Morgan fingerprint density at radius 1 is 1.19 bits per heavy atom. The first-order valence-corrected chi connectivity index (χ1v) is 6.32. The van der Waals surface area contributed by atoms with Crippen LogP contribution in [0.3, 0.4) is 0 Å². The van der Waals surface area contributed by atoms with Gasteiger partial charge in [0.25, 0.3) is 5.91 Å². The fraction of sp³-hybridized carbons (Fsp3) is 0.143. The molecule has 0 aliphatic carbocycles. The first-order valence-electron chi connectivity index (χ1n) is 6.32. The summed E-state index contributed by atoms with van der Waals surface area (Å²) in [6.07, 6.45) is 0. The molecule has 0 bridgehead atoms. The maximum absolute atomic E-state index is 11.8. The molecular formula is C14H12N4O3. The molecule has 0 radical (unpaired) electrons. The summed E-state index contributed by atoms with van der Waals surface area (Å²) in [5, 5.41) is 10.1. The summed E-state index contributed by atoms with van der Waals surface area (Å²) in [6.45, 7) is 1.86. The average molecular weight is 284 g/mol. The Bertz CT molecular complexity index is 748. The Kier molecular flexibility index (Phi) is 3.46. The quantitative estimate of drug-likeness (QED) is 0.787. The summed E-state index contributed by atoms with van der Waals surface area (Å²) in [6, 6.07) is 11.0. The summed E-state index contributed by atoms with van der Waals surface area (Å²) in [4.78, 5) is 16.0. The van der Waals surface area contributed by atoms with Gasteiger partial charge in [-0.2, -0.15) is 4.98 Å². The van der Waals surface area contributed by atoms with Crippen LogP contribution in [-0.2, 0) is 6.54 Å². The average Bonchev–Trinajstić information content (AvgIpc) is 3.15. The van der Waals surface area contributed by atoms with Gasteiger partial charge in [-0.1, -0.05) is 40.6 Å². The Balaban J connectivity index is 1.64. The van der Waals surface area contributed by atoms with E-state index < -0.39 is 0 Å². The van der Waals surface area contributed by atoms with Crippen LogP contribution in [-0.4, -0.2) is 21.2 Å². The normalized spacial score (nSPS) is 10.5. The minimum Gasteiger partial charge on any atom is -0.351 e. The Labute approximate surface area is 120 Å². The van der Waals surface area contributed by atoms with Gasteiger partial charge in [-0.3, -0.25) is 4.79 Å². The van der Waals surface area contributed by atoms with E-state index in [-0.39, 0.29) is 18.2 Å². The molecule has 3 aromatic rings. The van der Waals surface area contributed by atoms with Gasteiger partial charge in [0.05, 0.1) is 12.2 Å². The highest BCUT2D eigenvalue weighted by Crippen LogP contribution is 2.14. The van der Waals surface area contributed by atoms with E-state index in [1.54, 1.807) is 13.0 Å². The first kappa shape index (κ1) is 13.0. The van der Waals surface area contributed by atoms with Crippen molar-refractivity contribution in [3.8, 4) is 11.4 Å². The Morgan fingerprint density at radius 3 is 2.71 bits per heavy atom. The van der Waals surface area contributed by atoms with Gasteiger partial charge in [0, 0.05) is 11.6 Å². The van der Waals surface area contributed by atoms with Crippen LogP contribution in [0.2, 0.25) is 0 Å². The molecule has 0 aliphatic heterocycles. The first-order chi connectivity index (χ1) is 10.2. The highest BCUT2D eigenvalue weighted by Gasteiger charge is 2.13. The molecule has 1 N–H and O–H groups in total. The monoisotopic (exact) mass is 284 g/mol. The number of rotatable bonds is 4. The number of carbonyl (C=O) groups excluding carboxylic acids is 1. The van der Waals surface area contributed by atoms with Crippen molar-refractivity contribution in [3.05, 3.63) is 53.7 Å². The molecule has 0 saturated carbocycles. The number of hydrogen-bond donors (Lipinski definition) is 1. The van der Waals surface area contributed by atoms with E-state index in [1.165, 1.54) is 0 Å². The second kappa shape index (κ2) is 5.58. The maximum Gasteiger partial charge on any atom is 0.290 e. The molecule has 7 nitrogen and oxygen atoms in total. The largest absolute Gasteiger partial charge is 0.351 e. The second-order valence-electron chi connectivity index (χ2n) is 4.39. The number of benzene rings is 1. The molecule has 0 unspecified atom stereocenters. The molecule has 2 aromatic heterocycles. The highest BCUT2D eigenvalue weighted by molar-refractivity contribution is 5.91. The Hall–Kier alpha value is -2.96. The predicted octanol–water partition coefficient (Wildman–Crippen LogP) is 1.96. The van der Waals surface area contributed by atoms with Gasteiger partial charge in [0.2, 0.25) is 17.5 Å². The highest BCUT2D eigenvalue weighted by atomic mass is 16.5. The number of hydrogen-bond acceptors (Lipinski definition) is 6. The standard InChI is InChI=1S/C14H12N4O3/c1-9-7-11(20-17-9)14(19)15-8-12-16-13(18-21-12)10-5-3-2-4-6-10/h2-7H,8H2,1H3,(H,15,19). The van der Waals surface area contributed by atoms with Crippen LogP contribution in [0.4, 0.5) is 0 Å². The fourth-order valence-corrected chi connectivity index (χ4v) is 1.74. The molecule has 106 valence electrons. The van der Waals surface area contributed by atoms with E-state index in [2.05, 4.69) is 20.6 Å². The van der Waals surface area contributed by atoms with E-state index in [0.29, 0.717) is 17.4 Å². The molecule has 0 aliphatic rings. The summed E-state index contributed by atoms with van der Waals surface area (Å²) in [5.41, 5.74) is 1.49. The van der Waals surface area contributed by atoms with Crippen molar-refractivity contribution in [1.82, 2.24) is 20.6 Å². The predicted molar refractivity (Wildman–Crippen MR) is 72.1 cm³/mol. The third kappa shape index (κ3) is 2.97. The second-order valence-corrected chi connectivity index (χ2v) is 4.39. The zero-order valence-corrected chi connectivity index (χ0v) is 11.2. The lowest BCUT2D eigenvalue weighted by atomic mass is 10.2. The van der Waals surface area contributed by atoms with E-state index in [0.717, 1.165) is 5.56 Å². The SMILES string of the molecule is Cc1cc(C(=O)NCc2nc(-c3ccccc3)no2)on1. The van der Waals surface area contributed by atoms with Crippen LogP contribution >= 0.6 is 0 Å². The van der Waals surface area contributed by atoms with Gasteiger partial charge in [0.1, 0.15) is 0 Å². The topological polar surface area (TPSA) is 94.1 Å². The van der Waals surface area contributed by atoms with Crippen LogP contribution in [0.1, 0.15) is 22.1 Å². The van der Waals surface area contributed by atoms with Crippen molar-refractivity contribution >= 4 is 5.91 Å². The van der Waals surface area contributed by atoms with E-state index in [1.807, 2.05) is 30.3 Å². The summed E-state index contributed by atoms with van der Waals surface area (Å²) >= 11 is 0. The van der Waals surface area contributed by atoms with Crippen molar-refractivity contribution in [3.63, 3.8) is 0 Å². The number of carbonyl (C=O) groups is 1. The summed E-state index contributed by atoms with van der Waals surface area (Å²) in [7, 11) is 0. The van der Waals surface area contributed by atoms with Gasteiger partial charge < -0.3 is 14.4 Å². The lowest BCUT2D eigenvalue weighted by molar-refractivity contribution is 0.0909. The Morgan fingerprint density at radius 2 is 2.00 bits per heavy atom. The number of amides is 1. The third-order valence-electron chi connectivity index (χ3n) is 2.75. The molecule has 0 spiro atoms. The van der Waals surface area contributed by atoms with Crippen LogP contribution < -0.4 is 5.32 Å². The number of nitrogens with zero attached hydrogens (tertiary/aromatic N) is 3. The van der Waals surface area contributed by atoms with Crippen LogP contribution in [0.5, 0.6) is 0 Å². The number of aryl methyl sites for hydroxylation is 1. The van der Waals surface area contributed by atoms with Crippen LogP contribution in [0.25, 0.3) is 11.4 Å². The molecular weight excluding hydrogens is 272 g/mol. The van der Waals surface area contributed by atoms with Crippen LogP contribution in [0.15, 0.2) is 45.4 Å². The van der Waals surface area contributed by atoms with Crippen molar-refractivity contribution in [2.75, 3.05) is 0 Å². The third-order valence-corrected chi connectivity index (χ3v) is 2.75. The van der Waals surface area contributed by atoms with Gasteiger partial charge >= 0.3 is 0 Å². The minimum atomic E-state index is -0.380. The molecule has 2 heterocycles. The number of aromatic nitrogens is 3. The van der Waals surface area contributed by atoms with Gasteiger partial charge in [0.15, 0.2) is 0 Å². The molecule has 7 heteroatoms. The lowest BCUT2D eigenvalue weighted by Crippen LogP contribution is -2.22. The summed E-state index contributed by atoms with van der Waals surface area (Å²) < 4.78 is 9.95. The zero-order valence-electron chi connectivity index (χ0n) is 11.2. The molecule has 1 amide bonds. The molecule has 0 saturated heterocycles. The number of nitrogens with one attached hydrogen (secondary N) is 1. The maximum atomic E-state index is 11.8. The van der Waals surface area contributed by atoms with Crippen molar-refractivity contribution in [2.24, 2.45) is 0 Å². The molecule has 3 rings (SSSR count). The smallest absolute Gasteiger partial charge is 0.290 e. The summed E-state index contributed by atoms with van der Waals surface area (Å²) in [5.74, 6) is 0.569. The van der Waals surface area contributed by atoms with E-state index in [9.17, 15) is 4.79 Å². The molecule has 0 fully saturated rings. The van der Waals surface area contributed by atoms with Crippen LogP contribution in [0, 0.1) is 6.92 Å². The van der Waals surface area contributed by atoms with Gasteiger partial charge in [-0.15, -0.1) is 0 Å². The molecule has 21 heavy (non-hydrogen) atoms. The van der Waals surface area contributed by atoms with Crippen molar-refractivity contribution < 1.29 is 13.8 Å². The van der Waals surface area contributed by atoms with Crippen molar-refractivity contribution in [1.29, 1.82) is 0 Å². The van der Waals surface area contributed by atoms with Gasteiger partial charge in [-0.05, 0) is 6.92 Å². The van der Waals surface area contributed by atoms with E-state index in [4.69, 9.17) is 9.05 Å². The van der Waals surface area contributed by atoms with Gasteiger partial charge in [-0.25, -0.2) is 0 Å². The molecule has 0 atom stereocenters. The molecule has 1 aromatic carbocycles. The zero-order chi connectivity index (χ0) is 14.7.